The number of carbonyl (C=O) groups is 1. The zero-order chi connectivity index (χ0) is 25.2. The number of aliphatic hydroxyl groups is 1. The van der Waals surface area contributed by atoms with Crippen LogP contribution in [0.4, 0.5) is 11.5 Å². The van der Waals surface area contributed by atoms with Gasteiger partial charge in [-0.15, -0.1) is 0 Å². The number of nitrogens with two attached hydrogens (primary N) is 1. The van der Waals surface area contributed by atoms with E-state index in [0.717, 1.165) is 11.1 Å². The maximum atomic E-state index is 13.1. The van der Waals surface area contributed by atoms with E-state index in [4.69, 9.17) is 15.9 Å². The molecule has 5 rings (SSSR count). The number of rotatable bonds is 5. The molecule has 4 heterocycles. The molecule has 1 aromatic carbocycles. The maximum Gasteiger partial charge on any atom is 0.280 e. The highest BCUT2D eigenvalue weighted by Gasteiger charge is 2.38. The number of fused-ring (bicyclic) bond motifs is 2. The molecule has 0 aliphatic carbocycles. The fourth-order valence-electron chi connectivity index (χ4n) is 3.97. The summed E-state index contributed by atoms with van der Waals surface area (Å²) in [7, 11) is 0. The fraction of sp³-hybridized carbons (Fsp3) is 0.167. The molecule has 2 atom stereocenters. The number of ether oxygens (including phenoxy) is 1. The van der Waals surface area contributed by atoms with Crippen LogP contribution in [-0.2, 0) is 9.53 Å². The first-order valence-electron chi connectivity index (χ1n) is 11.0. The Bertz CT molecular complexity index is 1550. The summed E-state index contributed by atoms with van der Waals surface area (Å²) in [5.41, 5.74) is 6.51. The molecule has 182 valence electrons. The van der Waals surface area contributed by atoms with Gasteiger partial charge in [0.1, 0.15) is 23.6 Å². The molecule has 12 nitrogen and oxygen atoms in total. The van der Waals surface area contributed by atoms with Gasteiger partial charge in [0.25, 0.3) is 11.5 Å². The van der Waals surface area contributed by atoms with Crippen LogP contribution in [0.15, 0.2) is 66.0 Å². The molecule has 0 radical (unpaired) electrons. The van der Waals surface area contributed by atoms with Crippen LogP contribution >= 0.6 is 0 Å². The van der Waals surface area contributed by atoms with Gasteiger partial charge >= 0.3 is 0 Å². The number of nitrogens with zero attached hydrogens (tertiary/aromatic N) is 4. The van der Waals surface area contributed by atoms with Crippen molar-refractivity contribution in [1.29, 1.82) is 5.41 Å². The summed E-state index contributed by atoms with van der Waals surface area (Å²) in [6.07, 6.45) is 4.86. The normalized spacial score (nSPS) is 17.1. The van der Waals surface area contributed by atoms with Crippen molar-refractivity contribution in [2.24, 2.45) is 0 Å². The molecule has 6 N–H and O–H groups in total. The number of anilines is 2. The van der Waals surface area contributed by atoms with E-state index in [1.165, 1.54) is 17.2 Å². The number of aromatic nitrogens is 4. The third kappa shape index (κ3) is 4.37. The zero-order valence-electron chi connectivity index (χ0n) is 18.9. The second-order valence-electron chi connectivity index (χ2n) is 8.07. The topological polar surface area (TPSA) is 183 Å². The summed E-state index contributed by atoms with van der Waals surface area (Å²) in [6, 6.07) is 8.55. The van der Waals surface area contributed by atoms with Crippen molar-refractivity contribution in [3.8, 4) is 0 Å². The van der Waals surface area contributed by atoms with E-state index in [9.17, 15) is 14.7 Å². The van der Waals surface area contributed by atoms with Gasteiger partial charge in [-0.2, -0.15) is 4.98 Å². The van der Waals surface area contributed by atoms with Gasteiger partial charge in [0.05, 0.1) is 24.1 Å². The van der Waals surface area contributed by atoms with E-state index in [0.29, 0.717) is 10.9 Å². The number of H-pyrrole nitrogens is 1. The Labute approximate surface area is 204 Å². The SMILES string of the molecule is N=C(/C=C\Nc1ccncc1)N1CCOC(C(O)c2nc(=O)c3cc4c(N)nccc4cc3[nH]2)C1=O. The third-order valence-corrected chi connectivity index (χ3v) is 5.80. The van der Waals surface area contributed by atoms with Crippen molar-refractivity contribution in [1.82, 2.24) is 24.8 Å². The first-order chi connectivity index (χ1) is 17.4. The first kappa shape index (κ1) is 23.1. The van der Waals surface area contributed by atoms with Crippen molar-refractivity contribution in [2.75, 3.05) is 24.2 Å². The van der Waals surface area contributed by atoms with Crippen molar-refractivity contribution in [2.45, 2.75) is 12.2 Å². The van der Waals surface area contributed by atoms with Crippen LogP contribution in [0.25, 0.3) is 21.7 Å². The number of amides is 1. The van der Waals surface area contributed by atoms with Gasteiger partial charge in [-0.1, -0.05) is 0 Å². The number of morpholine rings is 1. The molecule has 0 bridgehead atoms. The molecule has 1 aliphatic heterocycles. The number of benzene rings is 1. The Morgan fingerprint density at radius 3 is 2.86 bits per heavy atom. The minimum atomic E-state index is -1.55. The highest BCUT2D eigenvalue weighted by Crippen LogP contribution is 2.25. The summed E-state index contributed by atoms with van der Waals surface area (Å²) in [5.74, 6) is -0.533. The number of aromatic amines is 1. The number of amidine groups is 1. The lowest BCUT2D eigenvalue weighted by Gasteiger charge is -2.33. The lowest BCUT2D eigenvalue weighted by atomic mass is 10.1. The largest absolute Gasteiger partial charge is 0.383 e. The van der Waals surface area contributed by atoms with Gasteiger partial charge in [-0.3, -0.25) is 24.9 Å². The van der Waals surface area contributed by atoms with E-state index in [1.54, 1.807) is 48.9 Å². The second kappa shape index (κ2) is 9.52. The molecule has 1 saturated heterocycles. The van der Waals surface area contributed by atoms with E-state index in [2.05, 4.69) is 25.3 Å². The molecule has 36 heavy (non-hydrogen) atoms. The number of nitrogens with one attached hydrogen (secondary N) is 3. The molecule has 0 spiro atoms. The van der Waals surface area contributed by atoms with Crippen LogP contribution in [0.3, 0.4) is 0 Å². The van der Waals surface area contributed by atoms with Crippen LogP contribution in [0.2, 0.25) is 0 Å². The Morgan fingerprint density at radius 2 is 2.06 bits per heavy atom. The smallest absolute Gasteiger partial charge is 0.280 e. The zero-order valence-corrected chi connectivity index (χ0v) is 18.9. The monoisotopic (exact) mass is 486 g/mol. The van der Waals surface area contributed by atoms with Gasteiger partial charge in [-0.25, -0.2) is 4.98 Å². The van der Waals surface area contributed by atoms with E-state index < -0.39 is 23.7 Å². The predicted molar refractivity (Wildman–Crippen MR) is 133 cm³/mol. The van der Waals surface area contributed by atoms with Crippen molar-refractivity contribution < 1.29 is 14.6 Å². The Morgan fingerprint density at radius 1 is 1.25 bits per heavy atom. The second-order valence-corrected chi connectivity index (χ2v) is 8.07. The quantitative estimate of drug-likeness (QED) is 0.158. The van der Waals surface area contributed by atoms with Gasteiger partial charge in [0, 0.05) is 35.9 Å². The molecule has 0 saturated carbocycles. The number of pyridine rings is 2. The molecular weight excluding hydrogens is 464 g/mol. The first-order valence-corrected chi connectivity index (χ1v) is 11.0. The van der Waals surface area contributed by atoms with Crippen molar-refractivity contribution in [3.05, 3.63) is 77.4 Å². The minimum absolute atomic E-state index is 0.0836. The highest BCUT2D eigenvalue weighted by atomic mass is 16.5. The molecule has 1 aliphatic rings. The molecular formula is C24H22N8O4. The van der Waals surface area contributed by atoms with Crippen LogP contribution in [0.1, 0.15) is 11.9 Å². The molecule has 2 unspecified atom stereocenters. The van der Waals surface area contributed by atoms with Gasteiger partial charge in [-0.05, 0) is 41.8 Å². The van der Waals surface area contributed by atoms with Gasteiger partial charge in [0.15, 0.2) is 6.10 Å². The average molecular weight is 486 g/mol. The highest BCUT2D eigenvalue weighted by molar-refractivity contribution is 6.04. The lowest BCUT2D eigenvalue weighted by Crippen LogP contribution is -2.52. The summed E-state index contributed by atoms with van der Waals surface area (Å²) in [4.78, 5) is 41.9. The number of hydrogen-bond acceptors (Lipinski definition) is 10. The van der Waals surface area contributed by atoms with Crippen molar-refractivity contribution >= 4 is 44.9 Å². The molecule has 1 fully saturated rings. The standard InChI is InChI=1S/C24H22N8O4/c25-18(4-8-28-14-2-5-27-6-3-14)32-9-10-36-20(24(32)35)19(33)22-30-17-11-13-1-7-29-21(26)15(13)12-16(17)23(34)31-22/h1-8,11-12,19-20,25,33H,9-10H2,(H2,26,29)(H,27,28)(H,30,31,34)/b8-4-,25-18?. The molecule has 3 aromatic heterocycles. The van der Waals surface area contributed by atoms with Gasteiger partial charge < -0.3 is 25.9 Å². The van der Waals surface area contributed by atoms with Crippen LogP contribution in [0, 0.1) is 5.41 Å². The molecule has 12 heteroatoms. The van der Waals surface area contributed by atoms with E-state index in [-0.39, 0.29) is 36.0 Å². The fourth-order valence-corrected chi connectivity index (χ4v) is 3.97. The van der Waals surface area contributed by atoms with Crippen LogP contribution in [0.5, 0.6) is 0 Å². The molecule has 1 amide bonds. The molecule has 4 aromatic rings. The minimum Gasteiger partial charge on any atom is -0.383 e. The van der Waals surface area contributed by atoms with E-state index >= 15 is 0 Å². The van der Waals surface area contributed by atoms with Crippen molar-refractivity contribution in [3.63, 3.8) is 0 Å². The number of nitrogen functional groups attached to an aromatic ring is 1. The summed E-state index contributed by atoms with van der Waals surface area (Å²) < 4.78 is 5.53. The average Bonchev–Trinajstić information content (AvgIpc) is 2.88. The number of carbonyl (C=O) groups excluding carboxylic acids is 1. The van der Waals surface area contributed by atoms with Crippen LogP contribution < -0.4 is 16.6 Å². The summed E-state index contributed by atoms with van der Waals surface area (Å²) >= 11 is 0. The van der Waals surface area contributed by atoms with Crippen LogP contribution in [-0.4, -0.2) is 60.9 Å². The third-order valence-electron chi connectivity index (χ3n) is 5.80. The number of aliphatic hydroxyl groups excluding tert-OH is 1. The number of hydrogen-bond donors (Lipinski definition) is 5. The van der Waals surface area contributed by atoms with Gasteiger partial charge in [0.2, 0.25) is 0 Å². The Kier molecular flexibility index (Phi) is 6.10. The van der Waals surface area contributed by atoms with E-state index in [1.807, 2.05) is 0 Å². The summed E-state index contributed by atoms with van der Waals surface area (Å²) in [5, 5.41) is 23.8. The summed E-state index contributed by atoms with van der Waals surface area (Å²) in [6.45, 7) is 0.236. The predicted octanol–water partition coefficient (Wildman–Crippen LogP) is 1.31. The lowest BCUT2D eigenvalue weighted by molar-refractivity contribution is -0.157. The maximum absolute atomic E-state index is 13.1. The Hall–Kier alpha value is -4.68. The Balaban J connectivity index is 1.37.